The van der Waals surface area contributed by atoms with E-state index in [1.54, 1.807) is 0 Å². The van der Waals surface area contributed by atoms with E-state index in [1.807, 2.05) is 13.8 Å². The van der Waals surface area contributed by atoms with E-state index in [1.165, 1.54) is 0 Å². The molecule has 1 aliphatic carbocycles. The monoisotopic (exact) mass is 268 g/mol. The van der Waals surface area contributed by atoms with Gasteiger partial charge in [-0.2, -0.15) is 0 Å². The van der Waals surface area contributed by atoms with Crippen LogP contribution in [0.15, 0.2) is 0 Å². The lowest BCUT2D eigenvalue weighted by molar-refractivity contribution is -0.157. The third-order valence-electron chi connectivity index (χ3n) is 4.09. The summed E-state index contributed by atoms with van der Waals surface area (Å²) in [4.78, 5) is 12.2. The second-order valence-corrected chi connectivity index (χ2v) is 8.11. The zero-order valence-corrected chi connectivity index (χ0v) is 13.0. The first-order valence-corrected chi connectivity index (χ1v) is 7.50. The lowest BCUT2D eigenvalue weighted by Gasteiger charge is -2.31. The van der Waals surface area contributed by atoms with Gasteiger partial charge >= 0.3 is 5.97 Å². The topological polar surface area (TPSA) is 38.8 Å². The molecule has 2 rings (SSSR count). The average Bonchev–Trinajstić information content (AvgIpc) is 3.00. The first-order valence-electron chi connectivity index (χ1n) is 7.50. The predicted octanol–water partition coefficient (Wildman–Crippen LogP) is 3.56. The van der Waals surface area contributed by atoms with Crippen LogP contribution in [0.25, 0.3) is 0 Å². The number of esters is 1. The van der Waals surface area contributed by atoms with E-state index in [2.05, 4.69) is 20.8 Å². The normalized spacial score (nSPS) is 30.7. The molecular formula is C16H28O3. The molecule has 1 heterocycles. The fourth-order valence-electron chi connectivity index (χ4n) is 3.43. The molecule has 3 heteroatoms. The molecule has 1 saturated heterocycles. The van der Waals surface area contributed by atoms with E-state index in [4.69, 9.17) is 9.47 Å². The Balaban J connectivity index is 1.76. The van der Waals surface area contributed by atoms with E-state index >= 15 is 0 Å². The van der Waals surface area contributed by atoms with Gasteiger partial charge in [-0.1, -0.05) is 20.8 Å². The molecule has 2 aliphatic rings. The Morgan fingerprint density at radius 3 is 2.42 bits per heavy atom. The van der Waals surface area contributed by atoms with Crippen molar-refractivity contribution in [2.75, 3.05) is 6.61 Å². The third-order valence-corrected chi connectivity index (χ3v) is 4.09. The van der Waals surface area contributed by atoms with Crippen molar-refractivity contribution in [3.05, 3.63) is 0 Å². The number of carbonyl (C=O) groups is 1. The number of rotatable bonds is 4. The minimum Gasteiger partial charge on any atom is -0.465 e. The highest BCUT2D eigenvalue weighted by Crippen LogP contribution is 2.40. The number of hydrogen-bond donors (Lipinski definition) is 0. The smallest absolute Gasteiger partial charge is 0.311 e. The summed E-state index contributed by atoms with van der Waals surface area (Å²) in [5.41, 5.74) is -0.256. The summed E-state index contributed by atoms with van der Waals surface area (Å²) in [6.45, 7) is 11.0. The van der Waals surface area contributed by atoms with Crippen molar-refractivity contribution in [2.24, 2.45) is 16.7 Å². The summed E-state index contributed by atoms with van der Waals surface area (Å²) < 4.78 is 11.1. The average molecular weight is 268 g/mol. The van der Waals surface area contributed by atoms with Gasteiger partial charge < -0.3 is 9.47 Å². The van der Waals surface area contributed by atoms with Crippen LogP contribution in [-0.2, 0) is 14.3 Å². The van der Waals surface area contributed by atoms with Gasteiger partial charge in [-0.3, -0.25) is 4.79 Å². The van der Waals surface area contributed by atoms with Crippen LogP contribution in [-0.4, -0.2) is 24.8 Å². The molecule has 0 aromatic heterocycles. The Morgan fingerprint density at radius 1 is 1.16 bits per heavy atom. The van der Waals surface area contributed by atoms with E-state index in [9.17, 15) is 4.79 Å². The van der Waals surface area contributed by atoms with E-state index < -0.39 is 5.41 Å². The van der Waals surface area contributed by atoms with Crippen LogP contribution in [0.5, 0.6) is 0 Å². The summed E-state index contributed by atoms with van der Waals surface area (Å²) in [7, 11) is 0. The molecule has 19 heavy (non-hydrogen) atoms. The molecule has 3 unspecified atom stereocenters. The van der Waals surface area contributed by atoms with Crippen LogP contribution < -0.4 is 0 Å². The molecule has 0 bridgehead atoms. The molecule has 1 saturated carbocycles. The first-order chi connectivity index (χ1) is 8.67. The van der Waals surface area contributed by atoms with Gasteiger partial charge in [0.2, 0.25) is 0 Å². The Labute approximate surface area is 117 Å². The summed E-state index contributed by atoms with van der Waals surface area (Å²) in [5, 5.41) is 0. The van der Waals surface area contributed by atoms with Crippen LogP contribution in [0.3, 0.4) is 0 Å². The molecular weight excluding hydrogens is 240 g/mol. The van der Waals surface area contributed by atoms with Crippen molar-refractivity contribution in [2.45, 2.75) is 72.5 Å². The van der Waals surface area contributed by atoms with Crippen molar-refractivity contribution >= 4 is 5.97 Å². The molecule has 0 aromatic rings. The highest BCUT2D eigenvalue weighted by Gasteiger charge is 2.44. The van der Waals surface area contributed by atoms with Crippen molar-refractivity contribution in [1.29, 1.82) is 0 Å². The van der Waals surface area contributed by atoms with Gasteiger partial charge in [0.25, 0.3) is 0 Å². The molecule has 110 valence electrons. The highest BCUT2D eigenvalue weighted by atomic mass is 16.6. The van der Waals surface area contributed by atoms with Crippen LogP contribution >= 0.6 is 0 Å². The summed E-state index contributed by atoms with van der Waals surface area (Å²) in [6, 6.07) is 0. The van der Waals surface area contributed by atoms with Crippen LogP contribution in [0, 0.1) is 16.7 Å². The van der Waals surface area contributed by atoms with Gasteiger partial charge in [-0.05, 0) is 50.9 Å². The maximum absolute atomic E-state index is 12.2. The van der Waals surface area contributed by atoms with Gasteiger partial charge in [-0.15, -0.1) is 0 Å². The number of epoxide rings is 1. The summed E-state index contributed by atoms with van der Waals surface area (Å²) in [6.07, 6.45) is 5.16. The Morgan fingerprint density at radius 2 is 1.84 bits per heavy atom. The zero-order chi connectivity index (χ0) is 14.3. The van der Waals surface area contributed by atoms with Crippen LogP contribution in [0.2, 0.25) is 0 Å². The zero-order valence-electron chi connectivity index (χ0n) is 13.0. The standard InChI is InChI=1S/C16H28O3/c1-15(2,3)10-16(4,5)14(17)18-9-11-6-7-12-13(8-11)19-12/h11-13H,6-10H2,1-5H3. The fourth-order valence-corrected chi connectivity index (χ4v) is 3.43. The largest absolute Gasteiger partial charge is 0.465 e. The molecule has 3 atom stereocenters. The number of hydrogen-bond acceptors (Lipinski definition) is 3. The SMILES string of the molecule is CC(C)(C)CC(C)(C)C(=O)OCC1CCC2OC2C1. The second-order valence-electron chi connectivity index (χ2n) is 8.11. The fraction of sp³-hybridized carbons (Fsp3) is 0.938. The third kappa shape index (κ3) is 4.20. The van der Waals surface area contributed by atoms with Crippen molar-refractivity contribution < 1.29 is 14.3 Å². The Bertz CT molecular complexity index is 340. The molecule has 0 amide bonds. The van der Waals surface area contributed by atoms with Crippen molar-refractivity contribution in [1.82, 2.24) is 0 Å². The van der Waals surface area contributed by atoms with E-state index in [0.29, 0.717) is 24.7 Å². The highest BCUT2D eigenvalue weighted by molar-refractivity contribution is 5.75. The van der Waals surface area contributed by atoms with Gasteiger partial charge in [0, 0.05) is 0 Å². The predicted molar refractivity (Wildman–Crippen MR) is 74.8 cm³/mol. The first kappa shape index (κ1) is 14.8. The lowest BCUT2D eigenvalue weighted by Crippen LogP contribution is -2.32. The maximum atomic E-state index is 12.2. The minimum atomic E-state index is -0.397. The molecule has 2 fully saturated rings. The Kier molecular flexibility index (Phi) is 3.97. The molecule has 3 nitrogen and oxygen atoms in total. The molecule has 1 aliphatic heterocycles. The van der Waals surface area contributed by atoms with E-state index in [0.717, 1.165) is 25.7 Å². The van der Waals surface area contributed by atoms with Crippen LogP contribution in [0.4, 0.5) is 0 Å². The number of ether oxygens (including phenoxy) is 2. The molecule has 0 spiro atoms. The Hall–Kier alpha value is -0.570. The number of carbonyl (C=O) groups excluding carboxylic acids is 1. The van der Waals surface area contributed by atoms with Crippen molar-refractivity contribution in [3.63, 3.8) is 0 Å². The maximum Gasteiger partial charge on any atom is 0.311 e. The minimum absolute atomic E-state index is 0.0544. The van der Waals surface area contributed by atoms with Gasteiger partial charge in [-0.25, -0.2) is 0 Å². The van der Waals surface area contributed by atoms with Gasteiger partial charge in [0.05, 0.1) is 24.2 Å². The summed E-state index contributed by atoms with van der Waals surface area (Å²) >= 11 is 0. The van der Waals surface area contributed by atoms with Crippen molar-refractivity contribution in [3.8, 4) is 0 Å². The van der Waals surface area contributed by atoms with Gasteiger partial charge in [0.1, 0.15) is 0 Å². The van der Waals surface area contributed by atoms with Crippen LogP contribution in [0.1, 0.15) is 60.3 Å². The lowest BCUT2D eigenvalue weighted by atomic mass is 9.76. The van der Waals surface area contributed by atoms with E-state index in [-0.39, 0.29) is 11.4 Å². The molecule has 0 aromatic carbocycles. The second kappa shape index (κ2) is 5.08. The number of fused-ring (bicyclic) bond motifs is 1. The van der Waals surface area contributed by atoms with Gasteiger partial charge in [0.15, 0.2) is 0 Å². The molecule has 0 N–H and O–H groups in total. The molecule has 0 radical (unpaired) electrons. The quantitative estimate of drug-likeness (QED) is 0.578. The summed E-state index contributed by atoms with van der Waals surface area (Å²) in [5.74, 6) is 0.444.